The van der Waals surface area contributed by atoms with Crippen LogP contribution < -0.4 is 5.32 Å². The van der Waals surface area contributed by atoms with Gasteiger partial charge in [-0.25, -0.2) is 9.78 Å². The average Bonchev–Trinajstić information content (AvgIpc) is 3.51. The molecule has 0 bridgehead atoms. The summed E-state index contributed by atoms with van der Waals surface area (Å²) in [5, 5.41) is 5.91. The maximum absolute atomic E-state index is 12.8. The Morgan fingerprint density at radius 3 is 2.68 bits per heavy atom. The third kappa shape index (κ3) is 3.84. The fraction of sp³-hybridized carbons (Fsp3) is 0.148. The highest BCUT2D eigenvalue weighted by molar-refractivity contribution is 7.13. The van der Waals surface area contributed by atoms with Gasteiger partial charge in [0.05, 0.1) is 23.4 Å². The van der Waals surface area contributed by atoms with Crippen molar-refractivity contribution in [2.75, 3.05) is 11.9 Å². The summed E-state index contributed by atoms with van der Waals surface area (Å²) in [7, 11) is 0. The first kappa shape index (κ1) is 21.9. The van der Waals surface area contributed by atoms with Crippen molar-refractivity contribution in [3.63, 3.8) is 0 Å². The lowest BCUT2D eigenvalue weighted by Crippen LogP contribution is -2.06. The molecule has 4 aromatic rings. The van der Waals surface area contributed by atoms with Gasteiger partial charge in [0.1, 0.15) is 5.01 Å². The van der Waals surface area contributed by atoms with Crippen LogP contribution in [0.15, 0.2) is 53.9 Å². The van der Waals surface area contributed by atoms with E-state index >= 15 is 0 Å². The SMILES string of the molecule is CCOC(=O)c1c(C)[nH]c(C=C2C(=O)Nc3ccc(-c4csc(-c5ccccc5)n4)cc32)c1C. The Labute approximate surface area is 201 Å². The van der Waals surface area contributed by atoms with Crippen LogP contribution in [-0.4, -0.2) is 28.5 Å². The number of aromatic nitrogens is 2. The molecule has 0 atom stereocenters. The molecule has 0 radical (unpaired) electrons. The van der Waals surface area contributed by atoms with E-state index in [9.17, 15) is 9.59 Å². The van der Waals surface area contributed by atoms with Crippen molar-refractivity contribution >= 4 is 40.5 Å². The van der Waals surface area contributed by atoms with E-state index in [1.54, 1.807) is 24.3 Å². The van der Waals surface area contributed by atoms with Crippen LogP contribution in [0.25, 0.3) is 33.5 Å². The van der Waals surface area contributed by atoms with Crippen LogP contribution in [-0.2, 0) is 9.53 Å². The molecule has 0 unspecified atom stereocenters. The van der Waals surface area contributed by atoms with Gasteiger partial charge in [0.2, 0.25) is 0 Å². The topological polar surface area (TPSA) is 84.1 Å². The number of aromatic amines is 1. The minimum Gasteiger partial charge on any atom is -0.462 e. The molecule has 0 saturated carbocycles. The Bertz CT molecular complexity index is 1450. The van der Waals surface area contributed by atoms with Crippen LogP contribution in [0.1, 0.15) is 39.8 Å². The smallest absolute Gasteiger partial charge is 0.340 e. The number of H-pyrrole nitrogens is 1. The first-order chi connectivity index (χ1) is 16.5. The monoisotopic (exact) mass is 469 g/mol. The van der Waals surface area contributed by atoms with Gasteiger partial charge in [-0.2, -0.15) is 0 Å². The molecule has 0 spiro atoms. The molecule has 1 amide bonds. The largest absolute Gasteiger partial charge is 0.462 e. The number of benzene rings is 2. The molecule has 2 aromatic carbocycles. The number of anilines is 1. The molecule has 1 aliphatic heterocycles. The zero-order valence-electron chi connectivity index (χ0n) is 19.1. The summed E-state index contributed by atoms with van der Waals surface area (Å²) in [5.41, 5.74) is 7.67. The number of nitrogens with zero attached hydrogens (tertiary/aromatic N) is 1. The predicted molar refractivity (Wildman–Crippen MR) is 136 cm³/mol. The molecular weight excluding hydrogens is 446 g/mol. The van der Waals surface area contributed by atoms with Gasteiger partial charge in [-0.15, -0.1) is 11.3 Å². The van der Waals surface area contributed by atoms with Crippen LogP contribution in [0.2, 0.25) is 0 Å². The number of nitrogens with one attached hydrogen (secondary N) is 2. The summed E-state index contributed by atoms with van der Waals surface area (Å²) in [6, 6.07) is 15.9. The lowest BCUT2D eigenvalue weighted by molar-refractivity contribution is -0.110. The number of carbonyl (C=O) groups excluding carboxylic acids is 2. The highest BCUT2D eigenvalue weighted by Gasteiger charge is 2.26. The van der Waals surface area contributed by atoms with E-state index < -0.39 is 0 Å². The van der Waals surface area contributed by atoms with Crippen molar-refractivity contribution in [2.45, 2.75) is 20.8 Å². The highest BCUT2D eigenvalue weighted by Crippen LogP contribution is 2.38. The van der Waals surface area contributed by atoms with Crippen LogP contribution in [0, 0.1) is 13.8 Å². The van der Waals surface area contributed by atoms with E-state index in [2.05, 4.69) is 10.3 Å². The van der Waals surface area contributed by atoms with E-state index in [0.717, 1.165) is 38.6 Å². The van der Waals surface area contributed by atoms with Gasteiger partial charge >= 0.3 is 5.97 Å². The zero-order chi connectivity index (χ0) is 23.8. The number of thiazole rings is 1. The second kappa shape index (κ2) is 8.76. The maximum Gasteiger partial charge on any atom is 0.340 e. The highest BCUT2D eigenvalue weighted by atomic mass is 32.1. The van der Waals surface area contributed by atoms with Gasteiger partial charge in [-0.1, -0.05) is 36.4 Å². The van der Waals surface area contributed by atoms with Crippen LogP contribution in [0.4, 0.5) is 5.69 Å². The molecule has 0 saturated heterocycles. The van der Waals surface area contributed by atoms with Gasteiger partial charge in [-0.3, -0.25) is 4.79 Å². The Balaban J connectivity index is 1.52. The maximum atomic E-state index is 12.8. The van der Waals surface area contributed by atoms with E-state index in [4.69, 9.17) is 9.72 Å². The Morgan fingerprint density at radius 2 is 1.91 bits per heavy atom. The van der Waals surface area contributed by atoms with Gasteiger partial charge in [0.15, 0.2) is 0 Å². The third-order valence-corrected chi connectivity index (χ3v) is 6.76. The van der Waals surface area contributed by atoms with Crippen LogP contribution in [0.3, 0.4) is 0 Å². The molecule has 5 rings (SSSR count). The Morgan fingerprint density at radius 1 is 1.12 bits per heavy atom. The summed E-state index contributed by atoms with van der Waals surface area (Å²) >= 11 is 1.59. The number of hydrogen-bond donors (Lipinski definition) is 2. The van der Waals surface area contributed by atoms with Gasteiger partial charge in [0, 0.05) is 39.1 Å². The standard InChI is InChI=1S/C27H23N3O3S/c1-4-33-27(32)24-15(2)22(28-16(24)3)13-20-19-12-18(10-11-21(19)29-25(20)31)23-14-34-26(30-23)17-8-6-5-7-9-17/h5-14,28H,4H2,1-3H3,(H,29,31). The van der Waals surface area contributed by atoms with Crippen molar-refractivity contribution in [1.29, 1.82) is 0 Å². The third-order valence-electron chi connectivity index (χ3n) is 5.87. The Kier molecular flexibility index (Phi) is 5.63. The number of hydrogen-bond acceptors (Lipinski definition) is 5. The summed E-state index contributed by atoms with van der Waals surface area (Å²) in [4.78, 5) is 33.2. The lowest BCUT2D eigenvalue weighted by Gasteiger charge is -2.03. The second-order valence-electron chi connectivity index (χ2n) is 8.06. The minimum atomic E-state index is -0.366. The summed E-state index contributed by atoms with van der Waals surface area (Å²) < 4.78 is 5.18. The van der Waals surface area contributed by atoms with Crippen molar-refractivity contribution in [3.05, 3.63) is 82.0 Å². The number of fused-ring (bicyclic) bond motifs is 1. The van der Waals surface area contributed by atoms with Gasteiger partial charge < -0.3 is 15.0 Å². The summed E-state index contributed by atoms with van der Waals surface area (Å²) in [6.45, 7) is 5.77. The van der Waals surface area contributed by atoms with Crippen LogP contribution in [0.5, 0.6) is 0 Å². The average molecular weight is 470 g/mol. The normalized spacial score (nSPS) is 13.7. The summed E-state index contributed by atoms with van der Waals surface area (Å²) in [5.74, 6) is -0.547. The lowest BCUT2D eigenvalue weighted by atomic mass is 10.0. The summed E-state index contributed by atoms with van der Waals surface area (Å²) in [6.07, 6.45) is 1.80. The zero-order valence-corrected chi connectivity index (χ0v) is 19.9. The van der Waals surface area contributed by atoms with Crippen molar-refractivity contribution in [2.24, 2.45) is 0 Å². The molecule has 3 heterocycles. The predicted octanol–water partition coefficient (Wildman–Crippen LogP) is 6.09. The van der Waals surface area contributed by atoms with E-state index in [0.29, 0.717) is 29.1 Å². The molecule has 2 aromatic heterocycles. The molecule has 34 heavy (non-hydrogen) atoms. The number of amides is 1. The number of ether oxygens (including phenoxy) is 1. The minimum absolute atomic E-state index is 0.181. The van der Waals surface area contributed by atoms with E-state index in [1.165, 1.54) is 0 Å². The molecule has 0 fully saturated rings. The molecule has 2 N–H and O–H groups in total. The van der Waals surface area contributed by atoms with E-state index in [-0.39, 0.29) is 11.9 Å². The second-order valence-corrected chi connectivity index (χ2v) is 8.92. The molecular formula is C27H23N3O3S. The van der Waals surface area contributed by atoms with Gasteiger partial charge in [-0.05, 0) is 44.5 Å². The fourth-order valence-corrected chi connectivity index (χ4v) is 5.02. The molecule has 1 aliphatic rings. The van der Waals surface area contributed by atoms with Crippen molar-refractivity contribution < 1.29 is 14.3 Å². The number of esters is 1. The Hall–Kier alpha value is -3.97. The molecule has 170 valence electrons. The van der Waals surface area contributed by atoms with E-state index in [1.807, 2.05) is 67.8 Å². The molecule has 7 heteroatoms. The van der Waals surface area contributed by atoms with Crippen molar-refractivity contribution in [3.8, 4) is 21.8 Å². The number of aryl methyl sites for hydroxylation is 1. The quantitative estimate of drug-likeness (QED) is 0.274. The first-order valence-corrected chi connectivity index (χ1v) is 11.9. The van der Waals surface area contributed by atoms with Gasteiger partial charge in [0.25, 0.3) is 5.91 Å². The molecule has 0 aliphatic carbocycles. The van der Waals surface area contributed by atoms with Crippen molar-refractivity contribution in [1.82, 2.24) is 9.97 Å². The number of carbonyl (C=O) groups is 2. The van der Waals surface area contributed by atoms with Crippen LogP contribution >= 0.6 is 11.3 Å². The first-order valence-electron chi connectivity index (χ1n) is 11.0. The number of rotatable bonds is 5. The fourth-order valence-electron chi connectivity index (χ4n) is 4.18. The molecule has 6 nitrogen and oxygen atoms in total.